The molecule has 8 nitrogen and oxygen atoms in total. The van der Waals surface area contributed by atoms with Gasteiger partial charge in [-0.15, -0.1) is 0 Å². The van der Waals surface area contributed by atoms with Gasteiger partial charge in [0, 0.05) is 31.8 Å². The zero-order valence-electron chi connectivity index (χ0n) is 18.6. The number of carbonyl (C=O) groups excluding carboxylic acids is 1. The van der Waals surface area contributed by atoms with Crippen molar-refractivity contribution >= 4 is 12.4 Å². The standard InChI is InChI=1S/C22H30N4O2.CH2O2/c1-14-5-7-15(8-6-14)18-11-19(24-23-18)22(27)26-12-16-9-20(25(2)3)21(28-4)10-17(16)13-26;2-1-3/h5-8,11,16-17,20-21H,9-10,12-13H2,1-4H3,(H,23,24);1H,(H,2,3)/t16-,17+,20-,21-;/m1./s1. The monoisotopic (exact) mass is 428 g/mol. The average Bonchev–Trinajstić information content (AvgIpc) is 3.40. The van der Waals surface area contributed by atoms with Crippen molar-refractivity contribution in [3.05, 3.63) is 41.6 Å². The number of likely N-dealkylation sites (tertiary alicyclic amines) is 1. The highest BCUT2D eigenvalue weighted by Gasteiger charge is 2.44. The Kier molecular flexibility index (Phi) is 7.46. The summed E-state index contributed by atoms with van der Waals surface area (Å²) in [4.78, 5) is 25.7. The highest BCUT2D eigenvalue weighted by molar-refractivity contribution is 5.93. The molecular weight excluding hydrogens is 396 g/mol. The Labute approximate surface area is 183 Å². The van der Waals surface area contributed by atoms with Gasteiger partial charge in [0.05, 0.1) is 11.8 Å². The van der Waals surface area contributed by atoms with Crippen LogP contribution in [0.25, 0.3) is 11.3 Å². The Hall–Kier alpha value is -2.71. The fourth-order valence-corrected chi connectivity index (χ4v) is 4.83. The van der Waals surface area contributed by atoms with Crippen LogP contribution in [-0.2, 0) is 9.53 Å². The lowest BCUT2D eigenvalue weighted by molar-refractivity contribution is -0.122. The van der Waals surface area contributed by atoms with Gasteiger partial charge in [0.15, 0.2) is 0 Å². The molecule has 1 saturated heterocycles. The number of ether oxygens (including phenoxy) is 1. The van der Waals surface area contributed by atoms with E-state index in [1.807, 2.05) is 23.1 Å². The molecule has 0 unspecified atom stereocenters. The Morgan fingerprint density at radius 1 is 1.23 bits per heavy atom. The van der Waals surface area contributed by atoms with Crippen molar-refractivity contribution in [1.29, 1.82) is 0 Å². The SMILES string of the molecule is CO[C@@H]1C[C@H]2CN(C(=O)c3cc(-c4ccc(C)cc4)n[nH]3)C[C@H]2C[C@H]1N(C)C.O=CO. The van der Waals surface area contributed by atoms with Crippen molar-refractivity contribution in [2.75, 3.05) is 34.3 Å². The minimum Gasteiger partial charge on any atom is -0.483 e. The van der Waals surface area contributed by atoms with Gasteiger partial charge in [-0.1, -0.05) is 29.8 Å². The minimum atomic E-state index is -0.250. The summed E-state index contributed by atoms with van der Waals surface area (Å²) >= 11 is 0. The van der Waals surface area contributed by atoms with E-state index in [0.717, 1.165) is 37.2 Å². The molecule has 8 heteroatoms. The van der Waals surface area contributed by atoms with Crippen LogP contribution >= 0.6 is 0 Å². The maximum absolute atomic E-state index is 13.1. The molecule has 0 spiro atoms. The number of benzene rings is 1. The summed E-state index contributed by atoms with van der Waals surface area (Å²) < 4.78 is 5.75. The van der Waals surface area contributed by atoms with E-state index >= 15 is 0 Å². The molecule has 1 saturated carbocycles. The van der Waals surface area contributed by atoms with Gasteiger partial charge in [-0.25, -0.2) is 0 Å². The largest absolute Gasteiger partial charge is 0.483 e. The molecule has 0 bridgehead atoms. The number of H-pyrrole nitrogens is 1. The maximum atomic E-state index is 13.1. The molecule has 1 aliphatic carbocycles. The molecular formula is C23H32N4O4. The summed E-state index contributed by atoms with van der Waals surface area (Å²) in [7, 11) is 6.04. The molecule has 1 aromatic carbocycles. The quantitative estimate of drug-likeness (QED) is 0.726. The van der Waals surface area contributed by atoms with E-state index in [2.05, 4.69) is 48.2 Å². The Balaban J connectivity index is 0.000000858. The Morgan fingerprint density at radius 3 is 2.42 bits per heavy atom. The maximum Gasteiger partial charge on any atom is 0.290 e. The number of rotatable bonds is 4. The van der Waals surface area contributed by atoms with E-state index in [4.69, 9.17) is 14.6 Å². The molecule has 1 aliphatic heterocycles. The molecule has 4 rings (SSSR count). The zero-order valence-corrected chi connectivity index (χ0v) is 18.6. The van der Waals surface area contributed by atoms with Gasteiger partial charge in [0.1, 0.15) is 5.69 Å². The van der Waals surface area contributed by atoms with Crippen LogP contribution in [0.4, 0.5) is 0 Å². The third kappa shape index (κ3) is 5.14. The van der Waals surface area contributed by atoms with Crippen LogP contribution < -0.4 is 0 Å². The highest BCUT2D eigenvalue weighted by atomic mass is 16.5. The summed E-state index contributed by atoms with van der Waals surface area (Å²) in [5.41, 5.74) is 3.61. The van der Waals surface area contributed by atoms with E-state index in [9.17, 15) is 4.79 Å². The van der Waals surface area contributed by atoms with Gasteiger partial charge in [-0.05, 0) is 51.8 Å². The molecule has 0 radical (unpaired) electrons. The topological polar surface area (TPSA) is 98.8 Å². The third-order valence-corrected chi connectivity index (χ3v) is 6.49. The van der Waals surface area contributed by atoms with Crippen molar-refractivity contribution in [2.45, 2.75) is 31.9 Å². The summed E-state index contributed by atoms with van der Waals surface area (Å²) in [5, 5.41) is 14.2. The molecule has 31 heavy (non-hydrogen) atoms. The fourth-order valence-electron chi connectivity index (χ4n) is 4.83. The number of likely N-dealkylation sites (N-methyl/N-ethyl adjacent to an activating group) is 1. The van der Waals surface area contributed by atoms with Crippen LogP contribution in [0.3, 0.4) is 0 Å². The number of nitrogens with one attached hydrogen (secondary N) is 1. The summed E-state index contributed by atoms with van der Waals surface area (Å²) in [6.07, 6.45) is 2.34. The van der Waals surface area contributed by atoms with Crippen molar-refractivity contribution < 1.29 is 19.4 Å². The lowest BCUT2D eigenvalue weighted by Crippen LogP contribution is -2.47. The van der Waals surface area contributed by atoms with E-state index in [-0.39, 0.29) is 18.5 Å². The van der Waals surface area contributed by atoms with Gasteiger partial charge >= 0.3 is 0 Å². The zero-order chi connectivity index (χ0) is 22.5. The molecule has 2 N–H and O–H groups in total. The summed E-state index contributed by atoms with van der Waals surface area (Å²) in [6, 6.07) is 10.5. The molecule has 2 aliphatic rings. The molecule has 2 fully saturated rings. The predicted octanol–water partition coefficient (Wildman–Crippen LogP) is 2.51. The number of fused-ring (bicyclic) bond motifs is 1. The molecule has 1 amide bonds. The van der Waals surface area contributed by atoms with E-state index in [0.29, 0.717) is 23.6 Å². The van der Waals surface area contributed by atoms with Crippen molar-refractivity contribution in [2.24, 2.45) is 11.8 Å². The smallest absolute Gasteiger partial charge is 0.290 e. The minimum absolute atomic E-state index is 0.0515. The van der Waals surface area contributed by atoms with Gasteiger partial charge in [0.2, 0.25) is 0 Å². The number of aromatic nitrogens is 2. The lowest BCUT2D eigenvalue weighted by atomic mass is 9.77. The van der Waals surface area contributed by atoms with Gasteiger partial charge in [0.25, 0.3) is 12.4 Å². The first kappa shape index (κ1) is 23.0. The second-order valence-corrected chi connectivity index (χ2v) is 8.65. The molecule has 4 atom stereocenters. The number of carbonyl (C=O) groups is 2. The number of hydrogen-bond donors (Lipinski definition) is 2. The Morgan fingerprint density at radius 2 is 1.84 bits per heavy atom. The molecule has 2 aromatic rings. The van der Waals surface area contributed by atoms with E-state index in [1.54, 1.807) is 7.11 Å². The number of aryl methyl sites for hydroxylation is 1. The van der Waals surface area contributed by atoms with Crippen LogP contribution in [-0.4, -0.2) is 83.9 Å². The number of amides is 1. The van der Waals surface area contributed by atoms with Crippen LogP contribution in [0.5, 0.6) is 0 Å². The first-order valence-corrected chi connectivity index (χ1v) is 10.6. The predicted molar refractivity (Wildman–Crippen MR) is 118 cm³/mol. The Bertz CT molecular complexity index is 880. The molecule has 168 valence electrons. The number of methoxy groups -OCH3 is 1. The van der Waals surface area contributed by atoms with Crippen LogP contribution in [0, 0.1) is 18.8 Å². The van der Waals surface area contributed by atoms with Crippen molar-refractivity contribution in [1.82, 2.24) is 20.0 Å². The van der Waals surface area contributed by atoms with Gasteiger partial charge in [-0.3, -0.25) is 14.7 Å². The third-order valence-electron chi connectivity index (χ3n) is 6.49. The second-order valence-electron chi connectivity index (χ2n) is 8.65. The lowest BCUT2D eigenvalue weighted by Gasteiger charge is -2.40. The summed E-state index contributed by atoms with van der Waals surface area (Å²) in [5.74, 6) is 1.11. The number of aromatic amines is 1. The first-order chi connectivity index (χ1) is 14.9. The van der Waals surface area contributed by atoms with Crippen LogP contribution in [0.2, 0.25) is 0 Å². The van der Waals surface area contributed by atoms with Crippen molar-refractivity contribution in [3.63, 3.8) is 0 Å². The van der Waals surface area contributed by atoms with E-state index < -0.39 is 0 Å². The van der Waals surface area contributed by atoms with Crippen LogP contribution in [0.1, 0.15) is 28.9 Å². The van der Waals surface area contributed by atoms with Gasteiger partial charge in [-0.2, -0.15) is 5.10 Å². The van der Waals surface area contributed by atoms with Crippen molar-refractivity contribution in [3.8, 4) is 11.3 Å². The number of carboxylic acid groups (broad SMARTS) is 1. The van der Waals surface area contributed by atoms with Crippen LogP contribution in [0.15, 0.2) is 30.3 Å². The summed E-state index contributed by atoms with van der Waals surface area (Å²) in [6.45, 7) is 3.44. The van der Waals surface area contributed by atoms with E-state index in [1.165, 1.54) is 5.56 Å². The average molecular weight is 429 g/mol. The number of nitrogens with zero attached hydrogens (tertiary/aromatic N) is 3. The second kappa shape index (κ2) is 10.1. The fraction of sp³-hybridized carbons (Fsp3) is 0.522. The molecule has 1 aromatic heterocycles. The molecule has 2 heterocycles. The highest BCUT2D eigenvalue weighted by Crippen LogP contribution is 2.39. The normalized spacial score (nSPS) is 25.0. The number of hydrogen-bond acceptors (Lipinski definition) is 5. The first-order valence-electron chi connectivity index (χ1n) is 10.6. The van der Waals surface area contributed by atoms with Gasteiger partial charge < -0.3 is 19.6 Å².